The second-order valence-electron chi connectivity index (χ2n) is 10.1. The number of hydrogen-bond acceptors (Lipinski definition) is 4. The van der Waals surface area contributed by atoms with Gasteiger partial charge in [-0.15, -0.1) is 5.92 Å². The van der Waals surface area contributed by atoms with Gasteiger partial charge in [0.2, 0.25) is 0 Å². The molecule has 1 aromatic carbocycles. The first-order valence-electron chi connectivity index (χ1n) is 12.1. The van der Waals surface area contributed by atoms with Crippen molar-refractivity contribution in [2.24, 2.45) is 5.41 Å². The Morgan fingerprint density at radius 2 is 1.94 bits per heavy atom. The third-order valence-corrected chi connectivity index (χ3v) is 7.85. The van der Waals surface area contributed by atoms with E-state index in [1.165, 1.54) is 37.7 Å². The number of nitrogens with one attached hydrogen (secondary N) is 1. The molecule has 3 fully saturated rings. The summed E-state index contributed by atoms with van der Waals surface area (Å²) in [5.41, 5.74) is 4.05. The minimum atomic E-state index is -0.200. The molecule has 0 saturated heterocycles. The summed E-state index contributed by atoms with van der Waals surface area (Å²) in [4.78, 5) is 22.6. The molecule has 2 aromatic heterocycles. The minimum absolute atomic E-state index is 0.0332. The predicted molar refractivity (Wildman–Crippen MR) is 127 cm³/mol. The first-order chi connectivity index (χ1) is 16.1. The van der Waals surface area contributed by atoms with Gasteiger partial charge in [0.15, 0.2) is 5.82 Å². The van der Waals surface area contributed by atoms with E-state index in [-0.39, 0.29) is 18.0 Å². The van der Waals surface area contributed by atoms with Gasteiger partial charge in [-0.1, -0.05) is 12.3 Å². The number of amides is 1. The van der Waals surface area contributed by atoms with Gasteiger partial charge in [-0.3, -0.25) is 9.48 Å². The third-order valence-electron chi connectivity index (χ3n) is 7.85. The number of fused-ring (bicyclic) bond motifs is 1. The van der Waals surface area contributed by atoms with Crippen molar-refractivity contribution in [1.29, 1.82) is 0 Å². The van der Waals surface area contributed by atoms with Crippen molar-refractivity contribution in [2.45, 2.75) is 76.8 Å². The minimum Gasteiger partial charge on any atom is -0.349 e. The van der Waals surface area contributed by atoms with Crippen LogP contribution in [0.3, 0.4) is 0 Å². The highest BCUT2D eigenvalue weighted by Crippen LogP contribution is 2.55. The molecule has 3 saturated carbocycles. The van der Waals surface area contributed by atoms with E-state index in [9.17, 15) is 4.79 Å². The van der Waals surface area contributed by atoms with E-state index in [1.54, 1.807) is 0 Å². The quantitative estimate of drug-likeness (QED) is 0.583. The van der Waals surface area contributed by atoms with Crippen molar-refractivity contribution < 1.29 is 4.79 Å². The number of carbonyl (C=O) groups excluding carboxylic acids is 1. The lowest BCUT2D eigenvalue weighted by Crippen LogP contribution is -2.53. The summed E-state index contributed by atoms with van der Waals surface area (Å²) in [6.07, 6.45) is 14.3. The third kappa shape index (κ3) is 3.51. The van der Waals surface area contributed by atoms with Crippen molar-refractivity contribution in [1.82, 2.24) is 25.1 Å². The van der Waals surface area contributed by atoms with E-state index in [0.29, 0.717) is 22.7 Å². The molecule has 6 rings (SSSR count). The summed E-state index contributed by atoms with van der Waals surface area (Å²) < 4.78 is 1.88. The lowest BCUT2D eigenvalue weighted by Gasteiger charge is -2.54. The SMILES string of the molecule is CC#Cc1ccc(C(=O)NC2CC3(CCC3)C2)c2c1cnn2[C@H](C)c1ncc(C2CC2)cn1. The van der Waals surface area contributed by atoms with Gasteiger partial charge in [-0.05, 0) is 81.4 Å². The summed E-state index contributed by atoms with van der Waals surface area (Å²) in [7, 11) is 0. The standard InChI is InChI=1S/C27H29N5O/c1-3-5-19-8-9-22(26(33)31-21-12-27(13-21)10-4-11-27)24-23(19)16-30-32(24)17(2)25-28-14-20(15-29-25)18-6-7-18/h8-9,14-18,21H,4,6-7,10-13H2,1-2H3,(H,31,33)/t17-/m1/s1. The largest absolute Gasteiger partial charge is 0.349 e. The molecule has 1 amide bonds. The van der Waals surface area contributed by atoms with Gasteiger partial charge in [0.1, 0.15) is 6.04 Å². The van der Waals surface area contributed by atoms with Crippen LogP contribution in [0.25, 0.3) is 10.9 Å². The Labute approximate surface area is 194 Å². The molecule has 3 aromatic rings. The zero-order valence-corrected chi connectivity index (χ0v) is 19.3. The van der Waals surface area contributed by atoms with Crippen LogP contribution in [0.2, 0.25) is 0 Å². The molecule has 3 aliphatic carbocycles. The first-order valence-corrected chi connectivity index (χ1v) is 12.1. The van der Waals surface area contributed by atoms with Gasteiger partial charge in [-0.25, -0.2) is 9.97 Å². The molecule has 3 aliphatic rings. The van der Waals surface area contributed by atoms with E-state index < -0.39 is 0 Å². The molecule has 0 radical (unpaired) electrons. The van der Waals surface area contributed by atoms with Crippen LogP contribution in [0.5, 0.6) is 0 Å². The Morgan fingerprint density at radius 3 is 2.58 bits per heavy atom. The molecular weight excluding hydrogens is 410 g/mol. The molecule has 33 heavy (non-hydrogen) atoms. The van der Waals surface area contributed by atoms with Gasteiger partial charge < -0.3 is 5.32 Å². The molecule has 1 N–H and O–H groups in total. The van der Waals surface area contributed by atoms with E-state index in [2.05, 4.69) is 32.2 Å². The topological polar surface area (TPSA) is 72.7 Å². The summed E-state index contributed by atoms with van der Waals surface area (Å²) in [6, 6.07) is 3.89. The van der Waals surface area contributed by atoms with E-state index >= 15 is 0 Å². The highest BCUT2D eigenvalue weighted by molar-refractivity contribution is 6.07. The van der Waals surface area contributed by atoms with Crippen LogP contribution in [0, 0.1) is 17.3 Å². The monoisotopic (exact) mass is 439 g/mol. The number of aromatic nitrogens is 4. The van der Waals surface area contributed by atoms with Gasteiger partial charge in [0.25, 0.3) is 5.91 Å². The molecule has 168 valence electrons. The number of benzene rings is 1. The molecule has 0 unspecified atom stereocenters. The molecule has 6 heteroatoms. The number of hydrogen-bond donors (Lipinski definition) is 1. The van der Waals surface area contributed by atoms with Crippen molar-refractivity contribution in [3.8, 4) is 11.8 Å². The smallest absolute Gasteiger partial charge is 0.253 e. The zero-order valence-electron chi connectivity index (χ0n) is 19.3. The predicted octanol–water partition coefficient (Wildman–Crippen LogP) is 4.75. The molecule has 0 aliphatic heterocycles. The lowest BCUT2D eigenvalue weighted by atomic mass is 9.54. The molecule has 0 bridgehead atoms. The van der Waals surface area contributed by atoms with Crippen LogP contribution >= 0.6 is 0 Å². The van der Waals surface area contributed by atoms with Crippen LogP contribution in [-0.2, 0) is 0 Å². The van der Waals surface area contributed by atoms with Gasteiger partial charge in [0, 0.05) is 29.4 Å². The average molecular weight is 440 g/mol. The van der Waals surface area contributed by atoms with Crippen LogP contribution < -0.4 is 5.32 Å². The van der Waals surface area contributed by atoms with E-state index in [1.807, 2.05) is 49.3 Å². The van der Waals surface area contributed by atoms with Crippen molar-refractivity contribution in [3.05, 3.63) is 53.2 Å². The second kappa shape index (κ2) is 7.69. The van der Waals surface area contributed by atoms with Crippen LogP contribution in [0.1, 0.15) is 98.1 Å². The van der Waals surface area contributed by atoms with Crippen molar-refractivity contribution >= 4 is 16.8 Å². The maximum atomic E-state index is 13.4. The molecule has 2 heterocycles. The highest BCUT2D eigenvalue weighted by Gasteiger charge is 2.48. The normalized spacial score (nSPS) is 19.9. The van der Waals surface area contributed by atoms with Gasteiger partial charge in [0.05, 0.1) is 17.3 Å². The molecular formula is C27H29N5O. The van der Waals surface area contributed by atoms with E-state index in [4.69, 9.17) is 0 Å². The Kier molecular flexibility index (Phi) is 4.76. The summed E-state index contributed by atoms with van der Waals surface area (Å²) >= 11 is 0. The van der Waals surface area contributed by atoms with E-state index in [0.717, 1.165) is 29.3 Å². The molecule has 6 nitrogen and oxygen atoms in total. The van der Waals surface area contributed by atoms with Crippen LogP contribution in [-0.4, -0.2) is 31.7 Å². The highest BCUT2D eigenvalue weighted by atomic mass is 16.1. The maximum absolute atomic E-state index is 13.4. The number of nitrogens with zero attached hydrogens (tertiary/aromatic N) is 4. The lowest BCUT2D eigenvalue weighted by molar-refractivity contribution is -0.000604. The number of rotatable bonds is 5. The fourth-order valence-electron chi connectivity index (χ4n) is 5.62. The zero-order chi connectivity index (χ0) is 22.6. The average Bonchev–Trinajstić information content (AvgIpc) is 3.53. The Balaban J connectivity index is 1.34. The maximum Gasteiger partial charge on any atom is 0.253 e. The Bertz CT molecular complexity index is 1280. The Morgan fingerprint density at radius 1 is 1.18 bits per heavy atom. The van der Waals surface area contributed by atoms with Crippen molar-refractivity contribution in [3.63, 3.8) is 0 Å². The van der Waals surface area contributed by atoms with Crippen LogP contribution in [0.15, 0.2) is 30.7 Å². The first kappa shape index (κ1) is 20.4. The second-order valence-corrected chi connectivity index (χ2v) is 10.1. The molecule has 1 atom stereocenters. The summed E-state index contributed by atoms with van der Waals surface area (Å²) in [6.45, 7) is 3.85. The molecule has 1 spiro atoms. The van der Waals surface area contributed by atoms with Gasteiger partial charge >= 0.3 is 0 Å². The van der Waals surface area contributed by atoms with Crippen LogP contribution in [0.4, 0.5) is 0 Å². The van der Waals surface area contributed by atoms with Crippen molar-refractivity contribution in [2.75, 3.05) is 0 Å². The fourth-order valence-corrected chi connectivity index (χ4v) is 5.62. The van der Waals surface area contributed by atoms with Gasteiger partial charge in [-0.2, -0.15) is 5.10 Å². The Hall–Kier alpha value is -3.20. The summed E-state index contributed by atoms with van der Waals surface area (Å²) in [5, 5.41) is 8.84. The summed E-state index contributed by atoms with van der Waals surface area (Å²) in [5.74, 6) is 7.43. The fraction of sp³-hybridized carbons (Fsp3) is 0.481. The number of carbonyl (C=O) groups is 1.